The number of hydrogen-bond donors (Lipinski definition) is 2. The molecule has 0 atom stereocenters. The molecule has 0 radical (unpaired) electrons. The van der Waals surface area contributed by atoms with Crippen LogP contribution in [-0.4, -0.2) is 51.7 Å². The van der Waals surface area contributed by atoms with Gasteiger partial charge in [0.25, 0.3) is 0 Å². The summed E-state index contributed by atoms with van der Waals surface area (Å²) < 4.78 is 0. The van der Waals surface area contributed by atoms with Crippen LogP contribution in [0.4, 0.5) is 0 Å². The van der Waals surface area contributed by atoms with Crippen molar-refractivity contribution in [3.63, 3.8) is 0 Å². The number of carboxylic acid groups (broad SMARTS) is 2. The molecule has 0 spiro atoms. The fraction of sp³-hybridized carbons (Fsp3) is 0.833. The second-order valence-electron chi connectivity index (χ2n) is 11.5. The standard InChI is InChI=1S/2C18H34O2.Na.H/c2*1-2-3-4-5-6-7-8-9-10-11-12-13-14-15-16-17-18(19)20;;/h2*9-10H,2-8,11-17H2,1H3,(H,19,20);;/b2*10-9-;;. The molecule has 0 saturated carbocycles. The molecule has 0 aromatic heterocycles. The molecular formula is C36H69NaO4. The molecule has 41 heavy (non-hydrogen) atoms. The van der Waals surface area contributed by atoms with Crippen LogP contribution in [-0.2, 0) is 9.59 Å². The van der Waals surface area contributed by atoms with Gasteiger partial charge in [-0.1, -0.05) is 141 Å². The third kappa shape index (κ3) is 49.4. The Kier molecular flexibility index (Phi) is 45.5. The van der Waals surface area contributed by atoms with Crippen LogP contribution < -0.4 is 0 Å². The van der Waals surface area contributed by atoms with E-state index in [-0.39, 0.29) is 29.6 Å². The first kappa shape index (κ1) is 44.9. The van der Waals surface area contributed by atoms with Crippen molar-refractivity contribution >= 4 is 41.5 Å². The van der Waals surface area contributed by atoms with E-state index in [1.54, 1.807) is 0 Å². The van der Waals surface area contributed by atoms with Crippen molar-refractivity contribution in [1.82, 2.24) is 0 Å². The third-order valence-corrected chi connectivity index (χ3v) is 7.30. The van der Waals surface area contributed by atoms with Gasteiger partial charge in [-0.3, -0.25) is 9.59 Å². The number of carboxylic acids is 2. The van der Waals surface area contributed by atoms with Crippen molar-refractivity contribution in [3.8, 4) is 0 Å². The first-order chi connectivity index (χ1) is 19.5. The van der Waals surface area contributed by atoms with Crippen LogP contribution in [0.5, 0.6) is 0 Å². The van der Waals surface area contributed by atoms with E-state index in [2.05, 4.69) is 38.2 Å². The molecule has 2 N–H and O–H groups in total. The normalized spacial score (nSPS) is 11.0. The summed E-state index contributed by atoms with van der Waals surface area (Å²) in [4.78, 5) is 20.6. The zero-order chi connectivity index (χ0) is 29.8. The molecule has 0 saturated heterocycles. The van der Waals surface area contributed by atoms with Gasteiger partial charge in [-0.05, 0) is 64.2 Å². The van der Waals surface area contributed by atoms with E-state index in [0.29, 0.717) is 12.8 Å². The van der Waals surface area contributed by atoms with Crippen molar-refractivity contribution in [1.29, 1.82) is 0 Å². The Morgan fingerprint density at radius 1 is 0.390 bits per heavy atom. The van der Waals surface area contributed by atoms with Gasteiger partial charge in [0, 0.05) is 12.8 Å². The quantitative estimate of drug-likeness (QED) is 0.0497. The molecule has 0 fully saturated rings. The van der Waals surface area contributed by atoms with E-state index >= 15 is 0 Å². The van der Waals surface area contributed by atoms with E-state index < -0.39 is 11.9 Å². The van der Waals surface area contributed by atoms with E-state index in [9.17, 15) is 9.59 Å². The van der Waals surface area contributed by atoms with Crippen LogP contribution in [0.25, 0.3) is 0 Å². The summed E-state index contributed by atoms with van der Waals surface area (Å²) in [6.07, 6.45) is 42.5. The van der Waals surface area contributed by atoms with E-state index in [1.165, 1.54) is 141 Å². The molecule has 0 amide bonds. The zero-order valence-corrected chi connectivity index (χ0v) is 26.8. The van der Waals surface area contributed by atoms with Crippen molar-refractivity contribution in [2.75, 3.05) is 0 Å². The molecule has 0 aliphatic carbocycles. The summed E-state index contributed by atoms with van der Waals surface area (Å²) in [5, 5.41) is 17.0. The van der Waals surface area contributed by atoms with Crippen LogP contribution in [0.3, 0.4) is 0 Å². The number of hydrogen-bond acceptors (Lipinski definition) is 2. The Bertz CT molecular complexity index is 524. The summed E-state index contributed by atoms with van der Waals surface area (Å²) in [6, 6.07) is 0. The summed E-state index contributed by atoms with van der Waals surface area (Å²) in [6.45, 7) is 4.52. The monoisotopic (exact) mass is 589 g/mol. The van der Waals surface area contributed by atoms with Crippen molar-refractivity contribution < 1.29 is 19.8 Å². The first-order valence-corrected chi connectivity index (χ1v) is 17.3. The molecule has 0 aliphatic rings. The maximum absolute atomic E-state index is 10.3. The van der Waals surface area contributed by atoms with Gasteiger partial charge in [0.2, 0.25) is 0 Å². The average Bonchev–Trinajstić information content (AvgIpc) is 2.93. The molecule has 238 valence electrons. The molecule has 5 heteroatoms. The van der Waals surface area contributed by atoms with Gasteiger partial charge in [0.15, 0.2) is 0 Å². The molecular weight excluding hydrogens is 519 g/mol. The molecule has 4 nitrogen and oxygen atoms in total. The van der Waals surface area contributed by atoms with Crippen molar-refractivity contribution in [2.24, 2.45) is 0 Å². The van der Waals surface area contributed by atoms with Gasteiger partial charge in [-0.25, -0.2) is 0 Å². The fourth-order valence-corrected chi connectivity index (χ4v) is 4.69. The second-order valence-corrected chi connectivity index (χ2v) is 11.5. The SMILES string of the molecule is CCCCCCCC/C=C\CCCCCCCC(=O)O.CCCCCCCC/C=C\CCCCCCCC(=O)O.[NaH]. The van der Waals surface area contributed by atoms with E-state index in [1.807, 2.05) is 0 Å². The minimum atomic E-state index is -0.664. The Labute approximate surface area is 277 Å². The van der Waals surface area contributed by atoms with Crippen LogP contribution in [0.2, 0.25) is 0 Å². The van der Waals surface area contributed by atoms with Crippen LogP contribution >= 0.6 is 0 Å². The summed E-state index contributed by atoms with van der Waals surface area (Å²) >= 11 is 0. The molecule has 0 aromatic carbocycles. The molecule has 0 bridgehead atoms. The summed E-state index contributed by atoms with van der Waals surface area (Å²) in [5.41, 5.74) is 0. The molecule has 0 heterocycles. The number of allylic oxidation sites excluding steroid dienone is 4. The van der Waals surface area contributed by atoms with Gasteiger partial charge in [-0.2, -0.15) is 0 Å². The number of unbranched alkanes of at least 4 members (excludes halogenated alkanes) is 22. The summed E-state index contributed by atoms with van der Waals surface area (Å²) in [7, 11) is 0. The van der Waals surface area contributed by atoms with Gasteiger partial charge >= 0.3 is 41.5 Å². The molecule has 0 aliphatic heterocycles. The predicted octanol–water partition coefficient (Wildman–Crippen LogP) is 11.6. The average molecular weight is 589 g/mol. The fourth-order valence-electron chi connectivity index (χ4n) is 4.69. The maximum atomic E-state index is 10.3. The Morgan fingerprint density at radius 3 is 0.854 bits per heavy atom. The third-order valence-electron chi connectivity index (χ3n) is 7.30. The Balaban J connectivity index is -0.000000688. The van der Waals surface area contributed by atoms with Crippen molar-refractivity contribution in [2.45, 2.75) is 194 Å². The number of aliphatic carboxylic acids is 2. The van der Waals surface area contributed by atoms with Gasteiger partial charge in [0.05, 0.1) is 0 Å². The Morgan fingerprint density at radius 2 is 0.610 bits per heavy atom. The molecule has 0 aromatic rings. The van der Waals surface area contributed by atoms with E-state index in [0.717, 1.165) is 25.7 Å². The minimum absolute atomic E-state index is 0. The van der Waals surface area contributed by atoms with E-state index in [4.69, 9.17) is 10.2 Å². The van der Waals surface area contributed by atoms with Crippen LogP contribution in [0, 0.1) is 0 Å². The van der Waals surface area contributed by atoms with Gasteiger partial charge in [0.1, 0.15) is 0 Å². The first-order valence-electron chi connectivity index (χ1n) is 17.3. The molecule has 0 rings (SSSR count). The van der Waals surface area contributed by atoms with Gasteiger partial charge < -0.3 is 10.2 Å². The Hall–Kier alpha value is -0.580. The zero-order valence-electron chi connectivity index (χ0n) is 26.8. The summed E-state index contributed by atoms with van der Waals surface area (Å²) in [5.74, 6) is -1.33. The van der Waals surface area contributed by atoms with Crippen LogP contribution in [0.15, 0.2) is 24.3 Å². The number of carbonyl (C=O) groups is 2. The molecule has 0 unspecified atom stereocenters. The van der Waals surface area contributed by atoms with Crippen molar-refractivity contribution in [3.05, 3.63) is 24.3 Å². The predicted molar refractivity (Wildman–Crippen MR) is 181 cm³/mol. The second kappa shape index (κ2) is 41.6. The van der Waals surface area contributed by atoms with Gasteiger partial charge in [-0.15, -0.1) is 0 Å². The van der Waals surface area contributed by atoms with Crippen LogP contribution in [0.1, 0.15) is 194 Å². The topological polar surface area (TPSA) is 74.6 Å². The number of rotatable bonds is 30.